The largest absolute Gasteiger partial charge is 0.269 e. The van der Waals surface area contributed by atoms with E-state index in [0.29, 0.717) is 0 Å². The summed E-state index contributed by atoms with van der Waals surface area (Å²) in [6.45, 7) is 3.22. The van der Waals surface area contributed by atoms with Gasteiger partial charge in [0.1, 0.15) is 6.17 Å². The van der Waals surface area contributed by atoms with Crippen LogP contribution >= 0.6 is 0 Å². The standard InChI is InChI=1S/C7H11F4/c1-2-5(8)3-4-6(9)7(10)11/h5-7H,1-4H2/t5?,6-/m0/s1. The summed E-state index contributed by atoms with van der Waals surface area (Å²) < 4.78 is 47.3. The minimum atomic E-state index is -2.99. The fourth-order valence-electron chi connectivity index (χ4n) is 0.610. The second-order valence-electron chi connectivity index (χ2n) is 2.31. The molecule has 0 saturated carbocycles. The summed E-state index contributed by atoms with van der Waals surface area (Å²) in [5, 5.41) is 0. The van der Waals surface area contributed by atoms with Crippen LogP contribution in [-0.2, 0) is 0 Å². The molecule has 0 heterocycles. The van der Waals surface area contributed by atoms with Gasteiger partial charge in [-0.05, 0) is 19.3 Å². The number of hydrogen-bond donors (Lipinski definition) is 0. The van der Waals surface area contributed by atoms with Gasteiger partial charge in [0.2, 0.25) is 0 Å². The molecule has 0 N–H and O–H groups in total. The Morgan fingerprint density at radius 2 is 1.55 bits per heavy atom. The lowest BCUT2D eigenvalue weighted by molar-refractivity contribution is 0.0406. The highest BCUT2D eigenvalue weighted by Gasteiger charge is 2.19. The van der Waals surface area contributed by atoms with E-state index in [-0.39, 0.29) is 12.8 Å². The average molecular weight is 171 g/mol. The first-order valence-corrected chi connectivity index (χ1v) is 3.43. The second-order valence-corrected chi connectivity index (χ2v) is 2.31. The smallest absolute Gasteiger partial charge is 0.247 e. The van der Waals surface area contributed by atoms with Crippen LogP contribution in [0.25, 0.3) is 0 Å². The third-order valence-corrected chi connectivity index (χ3v) is 1.34. The van der Waals surface area contributed by atoms with Crippen molar-refractivity contribution in [2.45, 2.75) is 38.0 Å². The van der Waals surface area contributed by atoms with E-state index in [1.165, 1.54) is 0 Å². The molecule has 1 radical (unpaired) electrons. The topological polar surface area (TPSA) is 0 Å². The predicted octanol–water partition coefficient (Wildman–Crippen LogP) is 2.93. The van der Waals surface area contributed by atoms with Gasteiger partial charge in [-0.3, -0.25) is 0 Å². The highest BCUT2D eigenvalue weighted by Crippen LogP contribution is 2.15. The molecule has 0 bridgehead atoms. The van der Waals surface area contributed by atoms with Crippen molar-refractivity contribution in [2.24, 2.45) is 0 Å². The van der Waals surface area contributed by atoms with Crippen LogP contribution < -0.4 is 0 Å². The molecular formula is C7H11F4. The van der Waals surface area contributed by atoms with Crippen LogP contribution in [0.15, 0.2) is 0 Å². The van der Waals surface area contributed by atoms with Crippen molar-refractivity contribution in [2.75, 3.05) is 0 Å². The summed E-state index contributed by atoms with van der Waals surface area (Å²) in [4.78, 5) is 0. The van der Waals surface area contributed by atoms with E-state index in [9.17, 15) is 17.6 Å². The molecule has 0 aliphatic rings. The maximum atomic E-state index is 12.3. The Bertz CT molecular complexity index is 94.4. The first-order valence-electron chi connectivity index (χ1n) is 3.43. The van der Waals surface area contributed by atoms with Crippen molar-refractivity contribution in [3.8, 4) is 0 Å². The number of alkyl halides is 4. The SMILES string of the molecule is [CH2]CC(F)CC[C@H](F)C(F)F. The van der Waals surface area contributed by atoms with E-state index in [1.54, 1.807) is 0 Å². The minimum Gasteiger partial charge on any atom is -0.247 e. The highest BCUT2D eigenvalue weighted by molar-refractivity contribution is 4.64. The lowest BCUT2D eigenvalue weighted by Gasteiger charge is -2.07. The van der Waals surface area contributed by atoms with Gasteiger partial charge in [-0.25, -0.2) is 17.6 Å². The Morgan fingerprint density at radius 3 is 1.91 bits per heavy atom. The van der Waals surface area contributed by atoms with Crippen molar-refractivity contribution in [3.63, 3.8) is 0 Å². The van der Waals surface area contributed by atoms with Crippen LogP contribution in [0.5, 0.6) is 0 Å². The Labute approximate surface area is 63.6 Å². The maximum Gasteiger partial charge on any atom is 0.269 e. The first kappa shape index (κ1) is 10.7. The third-order valence-electron chi connectivity index (χ3n) is 1.34. The molecule has 0 rings (SSSR count). The number of halogens is 4. The van der Waals surface area contributed by atoms with Crippen molar-refractivity contribution < 1.29 is 17.6 Å². The Hall–Kier alpha value is -0.280. The van der Waals surface area contributed by atoms with E-state index in [1.807, 2.05) is 0 Å². The molecule has 0 amide bonds. The van der Waals surface area contributed by atoms with Gasteiger partial charge < -0.3 is 0 Å². The van der Waals surface area contributed by atoms with Crippen molar-refractivity contribution >= 4 is 0 Å². The van der Waals surface area contributed by atoms with Crippen molar-refractivity contribution in [1.29, 1.82) is 0 Å². The van der Waals surface area contributed by atoms with Gasteiger partial charge in [0.25, 0.3) is 6.43 Å². The average Bonchev–Trinajstić information content (AvgIpc) is 1.99. The van der Waals surface area contributed by atoms with Crippen LogP contribution in [0.3, 0.4) is 0 Å². The zero-order valence-corrected chi connectivity index (χ0v) is 6.07. The molecule has 0 saturated heterocycles. The lowest BCUT2D eigenvalue weighted by atomic mass is 10.1. The monoisotopic (exact) mass is 171 g/mol. The Kier molecular flexibility index (Phi) is 5.24. The fourth-order valence-corrected chi connectivity index (χ4v) is 0.610. The highest BCUT2D eigenvalue weighted by atomic mass is 19.3. The van der Waals surface area contributed by atoms with Crippen LogP contribution in [0.4, 0.5) is 17.6 Å². The van der Waals surface area contributed by atoms with E-state index < -0.39 is 25.2 Å². The third kappa shape index (κ3) is 5.04. The van der Waals surface area contributed by atoms with E-state index in [4.69, 9.17) is 0 Å². The maximum absolute atomic E-state index is 12.3. The zero-order valence-electron chi connectivity index (χ0n) is 6.07. The molecule has 0 aromatic carbocycles. The lowest BCUT2D eigenvalue weighted by Crippen LogP contribution is -2.13. The minimum absolute atomic E-state index is 0.00988. The van der Waals surface area contributed by atoms with Crippen LogP contribution in [0.1, 0.15) is 19.3 Å². The molecule has 2 atom stereocenters. The van der Waals surface area contributed by atoms with Gasteiger partial charge >= 0.3 is 0 Å². The van der Waals surface area contributed by atoms with Crippen molar-refractivity contribution in [3.05, 3.63) is 6.92 Å². The molecule has 0 nitrogen and oxygen atoms in total. The fraction of sp³-hybridized carbons (Fsp3) is 0.857. The number of hydrogen-bond acceptors (Lipinski definition) is 0. The van der Waals surface area contributed by atoms with Crippen molar-refractivity contribution in [1.82, 2.24) is 0 Å². The number of rotatable bonds is 5. The molecule has 11 heavy (non-hydrogen) atoms. The van der Waals surface area contributed by atoms with Gasteiger partial charge in [0, 0.05) is 0 Å². The Morgan fingerprint density at radius 1 is 1.00 bits per heavy atom. The molecule has 0 aromatic heterocycles. The summed E-state index contributed by atoms with van der Waals surface area (Å²) in [5.74, 6) is 0. The van der Waals surface area contributed by atoms with Gasteiger partial charge in [0.15, 0.2) is 6.17 Å². The zero-order chi connectivity index (χ0) is 8.85. The molecule has 4 heteroatoms. The molecule has 0 aliphatic heterocycles. The summed E-state index contributed by atoms with van der Waals surface area (Å²) in [6.07, 6.45) is -7.03. The van der Waals surface area contributed by atoms with Crippen LogP contribution in [0, 0.1) is 6.92 Å². The Balaban J connectivity index is 3.37. The first-order chi connectivity index (χ1) is 5.07. The van der Waals surface area contributed by atoms with Gasteiger partial charge in [-0.1, -0.05) is 6.92 Å². The summed E-state index contributed by atoms with van der Waals surface area (Å²) in [6, 6.07) is 0. The normalized spacial score (nSPS) is 16.9. The van der Waals surface area contributed by atoms with Gasteiger partial charge in [0.05, 0.1) is 0 Å². The van der Waals surface area contributed by atoms with Gasteiger partial charge in [-0.2, -0.15) is 0 Å². The van der Waals surface area contributed by atoms with E-state index in [2.05, 4.69) is 6.92 Å². The summed E-state index contributed by atoms with van der Waals surface area (Å²) in [5.41, 5.74) is 0. The predicted molar refractivity (Wildman–Crippen MR) is 35.0 cm³/mol. The van der Waals surface area contributed by atoms with Crippen LogP contribution in [0.2, 0.25) is 0 Å². The molecular weight excluding hydrogens is 160 g/mol. The van der Waals surface area contributed by atoms with E-state index in [0.717, 1.165) is 0 Å². The quantitative estimate of drug-likeness (QED) is 0.558. The molecule has 1 unspecified atom stereocenters. The molecule has 0 spiro atoms. The van der Waals surface area contributed by atoms with E-state index >= 15 is 0 Å². The summed E-state index contributed by atoms with van der Waals surface area (Å²) >= 11 is 0. The molecule has 0 aliphatic carbocycles. The van der Waals surface area contributed by atoms with Gasteiger partial charge in [-0.15, -0.1) is 0 Å². The second kappa shape index (κ2) is 5.38. The summed E-state index contributed by atoms with van der Waals surface area (Å²) in [7, 11) is 0. The molecule has 0 aromatic rings. The van der Waals surface area contributed by atoms with Crippen LogP contribution in [-0.4, -0.2) is 18.8 Å². The molecule has 0 fully saturated rings. The molecule has 67 valence electrons.